The highest BCUT2D eigenvalue weighted by Crippen LogP contribution is 2.29. The Hall–Kier alpha value is -2.83. The molecule has 0 radical (unpaired) electrons. The summed E-state index contributed by atoms with van der Waals surface area (Å²) in [7, 11) is 0. The molecule has 1 aliphatic rings. The van der Waals surface area contributed by atoms with E-state index < -0.39 is 28.9 Å². The number of rotatable bonds is 2. The molecule has 1 saturated heterocycles. The van der Waals surface area contributed by atoms with Gasteiger partial charge in [0, 0.05) is 19.0 Å². The number of hydrogen-bond donors (Lipinski definition) is 1. The van der Waals surface area contributed by atoms with E-state index in [1.54, 1.807) is 0 Å². The number of piperidine rings is 1. The second kappa shape index (κ2) is 6.48. The number of likely N-dealkylation sites (tertiary alicyclic amines) is 1. The number of imidazole rings is 1. The number of para-hydroxylation sites is 2. The molecule has 0 spiro atoms. The number of carbonyl (C=O) groups is 1. The van der Waals surface area contributed by atoms with Gasteiger partial charge in [-0.25, -0.2) is 18.2 Å². The molecule has 2 aromatic carbocycles. The molecule has 1 fully saturated rings. The van der Waals surface area contributed by atoms with E-state index in [1.165, 1.54) is 4.90 Å². The Labute approximate surface area is 147 Å². The van der Waals surface area contributed by atoms with E-state index in [1.807, 2.05) is 24.3 Å². The molecule has 0 atom stereocenters. The normalized spacial score (nSPS) is 15.6. The van der Waals surface area contributed by atoms with Gasteiger partial charge in [0.25, 0.3) is 5.91 Å². The number of hydrogen-bond acceptors (Lipinski definition) is 2. The predicted molar refractivity (Wildman–Crippen MR) is 90.3 cm³/mol. The van der Waals surface area contributed by atoms with E-state index >= 15 is 0 Å². The number of amides is 1. The van der Waals surface area contributed by atoms with Crippen molar-refractivity contribution in [2.75, 3.05) is 13.1 Å². The number of nitrogens with one attached hydrogen (secondary N) is 1. The fourth-order valence-electron chi connectivity index (χ4n) is 3.38. The van der Waals surface area contributed by atoms with Crippen LogP contribution in [0.3, 0.4) is 0 Å². The highest BCUT2D eigenvalue weighted by Gasteiger charge is 2.28. The maximum Gasteiger partial charge on any atom is 0.256 e. The van der Waals surface area contributed by atoms with Crippen LogP contribution in [0.15, 0.2) is 36.4 Å². The third kappa shape index (κ3) is 2.83. The van der Waals surface area contributed by atoms with Gasteiger partial charge < -0.3 is 9.88 Å². The number of benzene rings is 2. The first-order valence-electron chi connectivity index (χ1n) is 8.42. The topological polar surface area (TPSA) is 49.0 Å². The maximum atomic E-state index is 13.9. The predicted octanol–water partition coefficient (Wildman–Crippen LogP) is 4.00. The molecular formula is C19H16F3N3O. The third-order valence-electron chi connectivity index (χ3n) is 4.84. The van der Waals surface area contributed by atoms with Gasteiger partial charge in [0.05, 0.1) is 16.6 Å². The Morgan fingerprint density at radius 3 is 2.50 bits per heavy atom. The van der Waals surface area contributed by atoms with Crippen LogP contribution in [0.25, 0.3) is 11.0 Å². The average molecular weight is 359 g/mol. The first kappa shape index (κ1) is 16.6. The Morgan fingerprint density at radius 1 is 1.04 bits per heavy atom. The van der Waals surface area contributed by atoms with E-state index in [2.05, 4.69) is 9.97 Å². The van der Waals surface area contributed by atoms with Crippen molar-refractivity contribution >= 4 is 16.9 Å². The van der Waals surface area contributed by atoms with Crippen molar-refractivity contribution in [3.05, 3.63) is 65.2 Å². The Balaban J connectivity index is 1.48. The zero-order valence-electron chi connectivity index (χ0n) is 13.8. The highest BCUT2D eigenvalue weighted by molar-refractivity contribution is 5.94. The minimum atomic E-state index is -1.62. The number of carbonyl (C=O) groups excluding carboxylic acids is 1. The summed E-state index contributed by atoms with van der Waals surface area (Å²) < 4.78 is 40.3. The number of aromatic amines is 1. The molecule has 0 saturated carbocycles. The van der Waals surface area contributed by atoms with Gasteiger partial charge in [0.1, 0.15) is 5.82 Å². The Morgan fingerprint density at radius 2 is 1.77 bits per heavy atom. The molecule has 4 rings (SSSR count). The molecule has 4 nitrogen and oxygen atoms in total. The lowest BCUT2D eigenvalue weighted by atomic mass is 9.95. The quantitative estimate of drug-likeness (QED) is 0.703. The first-order chi connectivity index (χ1) is 12.5. The Kier molecular flexibility index (Phi) is 4.14. The summed E-state index contributed by atoms with van der Waals surface area (Å²) in [5.74, 6) is -3.94. The number of H-pyrrole nitrogens is 1. The summed E-state index contributed by atoms with van der Waals surface area (Å²) in [6.45, 7) is 0.804. The summed E-state index contributed by atoms with van der Waals surface area (Å²) in [4.78, 5) is 21.8. The van der Waals surface area contributed by atoms with Crippen molar-refractivity contribution < 1.29 is 18.0 Å². The monoisotopic (exact) mass is 359 g/mol. The zero-order valence-corrected chi connectivity index (χ0v) is 13.8. The van der Waals surface area contributed by atoms with Gasteiger partial charge >= 0.3 is 0 Å². The lowest BCUT2D eigenvalue weighted by Crippen LogP contribution is -2.38. The van der Waals surface area contributed by atoms with Gasteiger partial charge in [-0.3, -0.25) is 4.79 Å². The molecule has 2 heterocycles. The van der Waals surface area contributed by atoms with Crippen LogP contribution in [0.5, 0.6) is 0 Å². The van der Waals surface area contributed by atoms with Crippen molar-refractivity contribution in [3.8, 4) is 0 Å². The molecule has 1 aromatic heterocycles. The lowest BCUT2D eigenvalue weighted by molar-refractivity contribution is 0.0705. The van der Waals surface area contributed by atoms with Crippen molar-refractivity contribution in [3.63, 3.8) is 0 Å². The van der Waals surface area contributed by atoms with Crippen LogP contribution >= 0.6 is 0 Å². The van der Waals surface area contributed by atoms with Crippen molar-refractivity contribution in [1.29, 1.82) is 0 Å². The summed E-state index contributed by atoms with van der Waals surface area (Å²) in [6, 6.07) is 9.50. The molecular weight excluding hydrogens is 343 g/mol. The van der Waals surface area contributed by atoms with Crippen LogP contribution in [0.4, 0.5) is 13.2 Å². The summed E-state index contributed by atoms with van der Waals surface area (Å²) in [5.41, 5.74) is 1.42. The van der Waals surface area contributed by atoms with E-state index in [0.717, 1.165) is 29.0 Å². The minimum absolute atomic E-state index is 0.168. The van der Waals surface area contributed by atoms with Gasteiger partial charge in [0.15, 0.2) is 17.5 Å². The van der Waals surface area contributed by atoms with Gasteiger partial charge in [-0.05, 0) is 37.1 Å². The molecule has 1 N–H and O–H groups in total. The number of nitrogens with zero attached hydrogens (tertiary/aromatic N) is 2. The van der Waals surface area contributed by atoms with Crippen LogP contribution in [0, 0.1) is 17.5 Å². The molecule has 134 valence electrons. The zero-order chi connectivity index (χ0) is 18.3. The summed E-state index contributed by atoms with van der Waals surface area (Å²) >= 11 is 0. The van der Waals surface area contributed by atoms with Crippen molar-refractivity contribution in [2.24, 2.45) is 0 Å². The van der Waals surface area contributed by atoms with Crippen molar-refractivity contribution in [2.45, 2.75) is 18.8 Å². The summed E-state index contributed by atoms with van der Waals surface area (Å²) in [5, 5.41) is 0. The minimum Gasteiger partial charge on any atom is -0.342 e. The van der Waals surface area contributed by atoms with Gasteiger partial charge in [-0.2, -0.15) is 0 Å². The number of aromatic nitrogens is 2. The molecule has 7 heteroatoms. The smallest absolute Gasteiger partial charge is 0.256 e. The van der Waals surface area contributed by atoms with E-state index in [0.29, 0.717) is 25.9 Å². The molecule has 1 aliphatic heterocycles. The fraction of sp³-hybridized carbons (Fsp3) is 0.263. The second-order valence-electron chi connectivity index (χ2n) is 6.43. The number of fused-ring (bicyclic) bond motifs is 1. The molecule has 0 aliphatic carbocycles. The molecule has 3 aromatic rings. The highest BCUT2D eigenvalue weighted by atomic mass is 19.2. The maximum absolute atomic E-state index is 13.9. The van der Waals surface area contributed by atoms with Crippen LogP contribution in [0.2, 0.25) is 0 Å². The van der Waals surface area contributed by atoms with Gasteiger partial charge in [-0.1, -0.05) is 12.1 Å². The largest absolute Gasteiger partial charge is 0.342 e. The van der Waals surface area contributed by atoms with Crippen LogP contribution in [0.1, 0.15) is 34.9 Å². The van der Waals surface area contributed by atoms with E-state index in [4.69, 9.17) is 0 Å². The van der Waals surface area contributed by atoms with Crippen molar-refractivity contribution in [1.82, 2.24) is 14.9 Å². The molecule has 0 unspecified atom stereocenters. The average Bonchev–Trinajstić information content (AvgIpc) is 3.10. The summed E-state index contributed by atoms with van der Waals surface area (Å²) in [6.07, 6.45) is 1.33. The van der Waals surface area contributed by atoms with E-state index in [9.17, 15) is 18.0 Å². The number of halogens is 3. The van der Waals surface area contributed by atoms with Crippen LogP contribution in [-0.2, 0) is 0 Å². The molecule has 26 heavy (non-hydrogen) atoms. The van der Waals surface area contributed by atoms with E-state index in [-0.39, 0.29) is 5.92 Å². The Bertz CT molecular complexity index is 944. The molecule has 0 bridgehead atoms. The van der Waals surface area contributed by atoms with Crippen LogP contribution in [-0.4, -0.2) is 33.9 Å². The fourth-order valence-corrected chi connectivity index (χ4v) is 3.38. The second-order valence-corrected chi connectivity index (χ2v) is 6.43. The third-order valence-corrected chi connectivity index (χ3v) is 4.84. The SMILES string of the molecule is O=C(c1ccc(F)c(F)c1F)N1CCC(c2nc3ccccc3[nH]2)CC1. The molecule has 1 amide bonds. The van der Waals surface area contributed by atoms with Gasteiger partial charge in [0.2, 0.25) is 0 Å². The van der Waals surface area contributed by atoms with Crippen LogP contribution < -0.4 is 0 Å². The standard InChI is InChI=1S/C19H16F3N3O/c20-13-6-5-12(16(21)17(13)22)19(26)25-9-7-11(8-10-25)18-23-14-3-1-2-4-15(14)24-18/h1-6,11H,7-10H2,(H,23,24). The van der Waals surface area contributed by atoms with Gasteiger partial charge in [-0.15, -0.1) is 0 Å². The first-order valence-corrected chi connectivity index (χ1v) is 8.42. The lowest BCUT2D eigenvalue weighted by Gasteiger charge is -2.31.